The van der Waals surface area contributed by atoms with Crippen LogP contribution in [0, 0.1) is 5.92 Å². The first-order valence-electron chi connectivity index (χ1n) is 8.55. The third-order valence-corrected chi connectivity index (χ3v) is 6.54. The molecule has 0 atom stereocenters. The molecule has 1 N–H and O–H groups in total. The van der Waals surface area contributed by atoms with Crippen molar-refractivity contribution < 1.29 is 13.2 Å². The van der Waals surface area contributed by atoms with Crippen LogP contribution in [0.3, 0.4) is 0 Å². The van der Waals surface area contributed by atoms with Crippen molar-refractivity contribution >= 4 is 44.8 Å². The van der Waals surface area contributed by atoms with Crippen molar-refractivity contribution in [2.75, 3.05) is 43.8 Å². The molecule has 0 aromatic heterocycles. The Bertz CT molecular complexity index is 735. The number of sulfonamides is 1. The second-order valence-corrected chi connectivity index (χ2v) is 9.42. The van der Waals surface area contributed by atoms with E-state index in [1.807, 2.05) is 0 Å². The van der Waals surface area contributed by atoms with Crippen LogP contribution in [0.5, 0.6) is 0 Å². The van der Waals surface area contributed by atoms with Crippen LogP contribution < -0.4 is 9.62 Å². The molecule has 0 saturated carbocycles. The van der Waals surface area contributed by atoms with Gasteiger partial charge in [0.05, 0.1) is 22.0 Å². The number of hydrogen-bond acceptors (Lipinski definition) is 4. The molecule has 1 aliphatic heterocycles. The highest BCUT2D eigenvalue weighted by Crippen LogP contribution is 2.33. The van der Waals surface area contributed by atoms with E-state index in [4.69, 9.17) is 23.2 Å². The van der Waals surface area contributed by atoms with E-state index in [0.717, 1.165) is 42.9 Å². The number of hydrogen-bond donors (Lipinski definition) is 1. The number of anilines is 1. The van der Waals surface area contributed by atoms with Crippen LogP contribution in [0.25, 0.3) is 0 Å². The molecule has 0 aliphatic carbocycles. The molecule has 9 heteroatoms. The molecule has 0 spiro atoms. The van der Waals surface area contributed by atoms with Gasteiger partial charge < -0.3 is 10.2 Å². The van der Waals surface area contributed by atoms with Gasteiger partial charge in [-0.1, -0.05) is 29.3 Å². The zero-order valence-corrected chi connectivity index (χ0v) is 17.4. The van der Waals surface area contributed by atoms with Gasteiger partial charge in [0, 0.05) is 6.54 Å². The third kappa shape index (κ3) is 6.01. The molecule has 1 aromatic rings. The van der Waals surface area contributed by atoms with E-state index in [-0.39, 0.29) is 28.2 Å². The fourth-order valence-electron chi connectivity index (χ4n) is 3.02. The molecule has 26 heavy (non-hydrogen) atoms. The Morgan fingerprint density at radius 1 is 1.31 bits per heavy atom. The van der Waals surface area contributed by atoms with E-state index >= 15 is 0 Å². The fourth-order valence-corrected chi connectivity index (χ4v) is 4.33. The van der Waals surface area contributed by atoms with Gasteiger partial charge in [0.1, 0.15) is 6.54 Å². The Balaban J connectivity index is 1.94. The van der Waals surface area contributed by atoms with Gasteiger partial charge in [-0.15, -0.1) is 0 Å². The lowest BCUT2D eigenvalue weighted by atomic mass is 9.94. The topological polar surface area (TPSA) is 69.7 Å². The van der Waals surface area contributed by atoms with Gasteiger partial charge in [-0.05, 0) is 57.5 Å². The summed E-state index contributed by atoms with van der Waals surface area (Å²) in [6.07, 6.45) is 4.19. The normalized spacial score (nSPS) is 16.5. The molecule has 1 aliphatic rings. The fraction of sp³-hybridized carbons (Fsp3) is 0.588. The van der Waals surface area contributed by atoms with E-state index < -0.39 is 10.0 Å². The van der Waals surface area contributed by atoms with Crippen LogP contribution in [-0.4, -0.2) is 58.7 Å². The van der Waals surface area contributed by atoms with Crippen LogP contribution >= 0.6 is 23.2 Å². The van der Waals surface area contributed by atoms with Gasteiger partial charge in [0.25, 0.3) is 0 Å². The number of likely N-dealkylation sites (tertiary alicyclic amines) is 1. The van der Waals surface area contributed by atoms with E-state index in [1.165, 1.54) is 6.07 Å². The Labute approximate surface area is 165 Å². The summed E-state index contributed by atoms with van der Waals surface area (Å²) >= 11 is 12.1. The number of rotatable bonds is 7. The van der Waals surface area contributed by atoms with Gasteiger partial charge in [-0.2, -0.15) is 0 Å². The first-order chi connectivity index (χ1) is 12.2. The highest BCUT2D eigenvalue weighted by Gasteiger charge is 2.24. The van der Waals surface area contributed by atoms with Gasteiger partial charge in [0.2, 0.25) is 15.9 Å². The maximum atomic E-state index is 12.3. The first kappa shape index (κ1) is 21.3. The van der Waals surface area contributed by atoms with E-state index in [0.29, 0.717) is 12.5 Å². The highest BCUT2D eigenvalue weighted by molar-refractivity contribution is 7.92. The number of amides is 1. The summed E-state index contributed by atoms with van der Waals surface area (Å²) in [6, 6.07) is 4.69. The van der Waals surface area contributed by atoms with Crippen LogP contribution in [-0.2, 0) is 14.8 Å². The quantitative estimate of drug-likeness (QED) is 0.734. The van der Waals surface area contributed by atoms with Crippen molar-refractivity contribution in [2.45, 2.75) is 19.3 Å². The SMILES string of the molecule is CN1CCC(CCNC(=O)CN(c2cccc(Cl)c2Cl)S(C)(=O)=O)CC1. The average Bonchev–Trinajstić information content (AvgIpc) is 2.56. The van der Waals surface area contributed by atoms with Crippen LogP contribution in [0.4, 0.5) is 5.69 Å². The second kappa shape index (κ2) is 9.26. The molecule has 146 valence electrons. The first-order valence-corrected chi connectivity index (χ1v) is 11.2. The molecule has 0 bridgehead atoms. The molecule has 1 amide bonds. The van der Waals surface area contributed by atoms with Crippen molar-refractivity contribution in [3.05, 3.63) is 28.2 Å². The number of piperidine rings is 1. The minimum atomic E-state index is -3.68. The lowest BCUT2D eigenvalue weighted by Gasteiger charge is -2.29. The van der Waals surface area contributed by atoms with Gasteiger partial charge in [0.15, 0.2) is 0 Å². The highest BCUT2D eigenvalue weighted by atomic mass is 35.5. The Morgan fingerprint density at radius 2 is 1.96 bits per heavy atom. The Morgan fingerprint density at radius 3 is 2.58 bits per heavy atom. The Kier molecular flexibility index (Phi) is 7.58. The minimum Gasteiger partial charge on any atom is -0.355 e. The van der Waals surface area contributed by atoms with Gasteiger partial charge in [-0.3, -0.25) is 9.10 Å². The predicted molar refractivity (Wildman–Crippen MR) is 106 cm³/mol. The van der Waals surface area contributed by atoms with Crippen molar-refractivity contribution in [3.8, 4) is 0 Å². The predicted octanol–water partition coefficient (Wildman–Crippen LogP) is 2.61. The number of halogens is 2. The molecule has 1 saturated heterocycles. The lowest BCUT2D eigenvalue weighted by Crippen LogP contribution is -2.41. The summed E-state index contributed by atoms with van der Waals surface area (Å²) in [5.74, 6) is 0.235. The molecule has 1 aromatic carbocycles. The van der Waals surface area contributed by atoms with Crippen molar-refractivity contribution in [2.24, 2.45) is 5.92 Å². The number of nitrogens with zero attached hydrogens (tertiary/aromatic N) is 2. The van der Waals surface area contributed by atoms with Crippen molar-refractivity contribution in [1.29, 1.82) is 0 Å². The summed E-state index contributed by atoms with van der Waals surface area (Å²) < 4.78 is 25.2. The minimum absolute atomic E-state index is 0.110. The largest absolute Gasteiger partial charge is 0.355 e. The van der Waals surface area contributed by atoms with E-state index in [2.05, 4.69) is 17.3 Å². The molecule has 1 fully saturated rings. The maximum absolute atomic E-state index is 12.3. The van der Waals surface area contributed by atoms with Gasteiger partial charge >= 0.3 is 0 Å². The Hall–Kier alpha value is -1.02. The van der Waals surface area contributed by atoms with E-state index in [9.17, 15) is 13.2 Å². The molecule has 6 nitrogen and oxygen atoms in total. The molecular formula is C17H25Cl2N3O3S. The molecular weight excluding hydrogens is 397 g/mol. The number of benzene rings is 1. The maximum Gasteiger partial charge on any atom is 0.240 e. The molecule has 2 rings (SSSR count). The standard InChI is InChI=1S/C17H25Cl2N3O3S/c1-21-10-7-13(8-11-21)6-9-20-16(23)12-22(26(2,24)25)15-5-3-4-14(18)17(15)19/h3-5,13H,6-12H2,1-2H3,(H,20,23). The van der Waals surface area contributed by atoms with E-state index in [1.54, 1.807) is 12.1 Å². The van der Waals surface area contributed by atoms with Crippen molar-refractivity contribution in [3.63, 3.8) is 0 Å². The monoisotopic (exact) mass is 421 g/mol. The van der Waals surface area contributed by atoms with Crippen LogP contribution in [0.15, 0.2) is 18.2 Å². The zero-order valence-electron chi connectivity index (χ0n) is 15.0. The molecule has 0 unspecified atom stereocenters. The van der Waals surface area contributed by atoms with Crippen LogP contribution in [0.1, 0.15) is 19.3 Å². The summed E-state index contributed by atoms with van der Waals surface area (Å²) in [6.45, 7) is 2.36. The number of nitrogens with one attached hydrogen (secondary N) is 1. The molecule has 0 radical (unpaired) electrons. The smallest absolute Gasteiger partial charge is 0.240 e. The van der Waals surface area contributed by atoms with Gasteiger partial charge in [-0.25, -0.2) is 8.42 Å². The number of carbonyl (C=O) groups excluding carboxylic acids is 1. The van der Waals surface area contributed by atoms with Crippen LogP contribution in [0.2, 0.25) is 10.0 Å². The average molecular weight is 422 g/mol. The summed E-state index contributed by atoms with van der Waals surface area (Å²) in [5, 5.41) is 3.16. The summed E-state index contributed by atoms with van der Waals surface area (Å²) in [4.78, 5) is 14.6. The van der Waals surface area contributed by atoms with Crippen molar-refractivity contribution in [1.82, 2.24) is 10.2 Å². The summed E-state index contributed by atoms with van der Waals surface area (Å²) in [7, 11) is -1.57. The lowest BCUT2D eigenvalue weighted by molar-refractivity contribution is -0.119. The summed E-state index contributed by atoms with van der Waals surface area (Å²) in [5.41, 5.74) is 0.201. The third-order valence-electron chi connectivity index (χ3n) is 4.60. The zero-order chi connectivity index (χ0) is 19.3. The number of carbonyl (C=O) groups is 1. The molecule has 1 heterocycles. The second-order valence-electron chi connectivity index (χ2n) is 6.73.